The Labute approximate surface area is 140 Å². The number of amides is 1. The minimum atomic E-state index is -0.314. The van der Waals surface area contributed by atoms with E-state index in [0.29, 0.717) is 17.9 Å². The lowest BCUT2D eigenvalue weighted by atomic mass is 10.2. The minimum absolute atomic E-state index is 0.0643. The molecule has 128 valence electrons. The van der Waals surface area contributed by atoms with Crippen molar-refractivity contribution in [3.05, 3.63) is 41.8 Å². The first-order valence-electron chi connectivity index (χ1n) is 7.84. The summed E-state index contributed by atoms with van der Waals surface area (Å²) < 4.78 is 20.1. The fraction of sp³-hybridized carbons (Fsp3) is 0.412. The molecule has 0 saturated carbocycles. The van der Waals surface area contributed by atoms with Gasteiger partial charge in [-0.15, -0.1) is 0 Å². The van der Waals surface area contributed by atoms with Gasteiger partial charge in [-0.3, -0.25) is 9.69 Å². The zero-order valence-corrected chi connectivity index (χ0v) is 14.0. The minimum Gasteiger partial charge on any atom is -0.380 e. The van der Waals surface area contributed by atoms with E-state index < -0.39 is 0 Å². The van der Waals surface area contributed by atoms with E-state index in [1.165, 1.54) is 12.1 Å². The molecule has 6 nitrogen and oxygen atoms in total. The molecule has 1 aromatic heterocycles. The fourth-order valence-corrected chi connectivity index (χ4v) is 3.01. The number of carbonyl (C=O) groups excluding carboxylic acids is 1. The summed E-state index contributed by atoms with van der Waals surface area (Å²) in [5, 5.41) is 7.31. The molecule has 1 aliphatic rings. The van der Waals surface area contributed by atoms with Gasteiger partial charge in [0.1, 0.15) is 11.6 Å². The zero-order chi connectivity index (χ0) is 17.3. The van der Waals surface area contributed by atoms with Gasteiger partial charge in [0.25, 0.3) is 0 Å². The molecule has 2 aromatic rings. The number of aryl methyl sites for hydroxylation is 1. The van der Waals surface area contributed by atoms with Gasteiger partial charge in [-0.05, 0) is 44.7 Å². The number of carbonyl (C=O) groups is 1. The first-order valence-corrected chi connectivity index (χ1v) is 7.84. The number of methoxy groups -OCH3 is 1. The third kappa shape index (κ3) is 3.32. The number of benzene rings is 1. The predicted octanol–water partition coefficient (Wildman–Crippen LogP) is 1.98. The van der Waals surface area contributed by atoms with Gasteiger partial charge in [0.15, 0.2) is 0 Å². The Hall–Kier alpha value is -2.25. The van der Waals surface area contributed by atoms with E-state index in [0.717, 1.165) is 12.2 Å². The largest absolute Gasteiger partial charge is 0.380 e. The summed E-state index contributed by atoms with van der Waals surface area (Å²) >= 11 is 0. The van der Waals surface area contributed by atoms with Gasteiger partial charge in [-0.2, -0.15) is 5.10 Å². The number of hydrogen-bond acceptors (Lipinski definition) is 4. The quantitative estimate of drug-likeness (QED) is 0.930. The highest BCUT2D eigenvalue weighted by Gasteiger charge is 2.34. The van der Waals surface area contributed by atoms with Gasteiger partial charge < -0.3 is 10.1 Å². The summed E-state index contributed by atoms with van der Waals surface area (Å²) in [6.07, 6.45) is 0.720. The highest BCUT2D eigenvalue weighted by molar-refractivity contribution is 5.94. The van der Waals surface area contributed by atoms with E-state index in [1.54, 1.807) is 30.0 Å². The highest BCUT2D eigenvalue weighted by Crippen LogP contribution is 2.22. The van der Waals surface area contributed by atoms with E-state index in [1.807, 2.05) is 18.9 Å². The number of likely N-dealkylation sites (N-methyl/N-ethyl adjacent to an activating group) is 1. The van der Waals surface area contributed by atoms with Crippen molar-refractivity contribution in [1.82, 2.24) is 14.7 Å². The average molecular weight is 332 g/mol. The predicted molar refractivity (Wildman–Crippen MR) is 88.7 cm³/mol. The van der Waals surface area contributed by atoms with Crippen molar-refractivity contribution < 1.29 is 13.9 Å². The van der Waals surface area contributed by atoms with Crippen LogP contribution in [0.25, 0.3) is 5.69 Å². The number of hydrogen-bond donors (Lipinski definition) is 1. The number of nitrogens with zero attached hydrogens (tertiary/aromatic N) is 3. The van der Waals surface area contributed by atoms with E-state index in [2.05, 4.69) is 10.4 Å². The van der Waals surface area contributed by atoms with Gasteiger partial charge in [0.2, 0.25) is 5.91 Å². The number of rotatable bonds is 4. The lowest BCUT2D eigenvalue weighted by Gasteiger charge is -2.18. The second kappa shape index (κ2) is 6.70. The second-order valence-corrected chi connectivity index (χ2v) is 6.10. The number of anilines is 1. The monoisotopic (exact) mass is 332 g/mol. The van der Waals surface area contributed by atoms with E-state index in [9.17, 15) is 9.18 Å². The Bertz CT molecular complexity index is 729. The molecular formula is C17H21FN4O2. The number of ether oxygens (including phenoxy) is 1. The fourth-order valence-electron chi connectivity index (χ4n) is 3.01. The first-order chi connectivity index (χ1) is 11.5. The molecule has 0 radical (unpaired) electrons. The van der Waals surface area contributed by atoms with Crippen LogP contribution in [0.4, 0.5) is 10.2 Å². The molecule has 1 aliphatic heterocycles. The van der Waals surface area contributed by atoms with Crippen LogP contribution in [0, 0.1) is 12.7 Å². The standard InChI is InChI=1S/C17H21FN4O2/c1-11-8-16(22(20-11)13-6-4-12(18)5-7-13)19-17(23)15-9-14(24-3)10-21(15)2/h4-8,14-15H,9-10H2,1-3H3,(H,19,23)/t14-,15-/m0/s1. The third-order valence-corrected chi connectivity index (χ3v) is 4.30. The highest BCUT2D eigenvalue weighted by atomic mass is 19.1. The molecule has 0 bridgehead atoms. The smallest absolute Gasteiger partial charge is 0.242 e. The van der Waals surface area contributed by atoms with Crippen LogP contribution in [0.2, 0.25) is 0 Å². The van der Waals surface area contributed by atoms with Gasteiger partial charge in [0, 0.05) is 19.7 Å². The van der Waals surface area contributed by atoms with E-state index in [-0.39, 0.29) is 23.9 Å². The number of aromatic nitrogens is 2. The SMILES string of the molecule is CO[C@H]1C[C@@H](C(=O)Nc2cc(C)nn2-c2ccc(F)cc2)N(C)C1. The number of halogens is 1. The molecule has 1 aromatic carbocycles. The molecule has 1 saturated heterocycles. The Kier molecular flexibility index (Phi) is 4.64. The maximum absolute atomic E-state index is 13.1. The van der Waals surface area contributed by atoms with Crippen LogP contribution in [0.1, 0.15) is 12.1 Å². The molecule has 3 rings (SSSR count). The lowest BCUT2D eigenvalue weighted by molar-refractivity contribution is -0.120. The lowest BCUT2D eigenvalue weighted by Crippen LogP contribution is -2.37. The van der Waals surface area contributed by atoms with Gasteiger partial charge in [-0.25, -0.2) is 9.07 Å². The van der Waals surface area contributed by atoms with Crippen LogP contribution in [0.5, 0.6) is 0 Å². The Morgan fingerprint density at radius 3 is 2.71 bits per heavy atom. The van der Waals surface area contributed by atoms with Crippen LogP contribution in [-0.4, -0.2) is 53.4 Å². The molecule has 1 fully saturated rings. The summed E-state index contributed by atoms with van der Waals surface area (Å²) in [5.74, 6) is 0.157. The molecule has 0 unspecified atom stereocenters. The van der Waals surface area contributed by atoms with Crippen molar-refractivity contribution in [1.29, 1.82) is 0 Å². The van der Waals surface area contributed by atoms with Gasteiger partial charge >= 0.3 is 0 Å². The van der Waals surface area contributed by atoms with Crippen molar-refractivity contribution in [2.45, 2.75) is 25.5 Å². The summed E-state index contributed by atoms with van der Waals surface area (Å²) in [6.45, 7) is 2.57. The molecular weight excluding hydrogens is 311 g/mol. The van der Waals surface area contributed by atoms with Crippen molar-refractivity contribution >= 4 is 11.7 Å². The Balaban J connectivity index is 1.80. The maximum atomic E-state index is 13.1. The van der Waals surface area contributed by atoms with Crippen LogP contribution in [0.3, 0.4) is 0 Å². The van der Waals surface area contributed by atoms with Crippen molar-refractivity contribution in [2.24, 2.45) is 0 Å². The van der Waals surface area contributed by atoms with Crippen molar-refractivity contribution in [3.63, 3.8) is 0 Å². The maximum Gasteiger partial charge on any atom is 0.242 e. The van der Waals surface area contributed by atoms with Crippen molar-refractivity contribution in [2.75, 3.05) is 26.0 Å². The average Bonchev–Trinajstić information content (AvgIpc) is 3.10. The van der Waals surface area contributed by atoms with Gasteiger partial charge in [0.05, 0.1) is 23.5 Å². The Morgan fingerprint density at radius 1 is 1.38 bits per heavy atom. The summed E-state index contributed by atoms with van der Waals surface area (Å²) in [7, 11) is 3.57. The molecule has 0 aliphatic carbocycles. The topological polar surface area (TPSA) is 59.4 Å². The summed E-state index contributed by atoms with van der Waals surface area (Å²) in [6, 6.07) is 7.54. The van der Waals surface area contributed by atoms with Gasteiger partial charge in [-0.1, -0.05) is 0 Å². The van der Waals surface area contributed by atoms with Crippen LogP contribution in [-0.2, 0) is 9.53 Å². The van der Waals surface area contributed by atoms with Crippen LogP contribution >= 0.6 is 0 Å². The van der Waals surface area contributed by atoms with Crippen LogP contribution < -0.4 is 5.32 Å². The third-order valence-electron chi connectivity index (χ3n) is 4.30. The normalized spacial score (nSPS) is 21.2. The number of likely N-dealkylation sites (tertiary alicyclic amines) is 1. The molecule has 0 spiro atoms. The number of nitrogens with one attached hydrogen (secondary N) is 1. The molecule has 7 heteroatoms. The first kappa shape index (κ1) is 16.6. The summed E-state index contributed by atoms with van der Waals surface area (Å²) in [4.78, 5) is 14.6. The zero-order valence-electron chi connectivity index (χ0n) is 14.0. The van der Waals surface area contributed by atoms with Crippen molar-refractivity contribution in [3.8, 4) is 5.69 Å². The summed E-state index contributed by atoms with van der Waals surface area (Å²) in [5.41, 5.74) is 1.46. The molecule has 1 N–H and O–H groups in total. The molecule has 2 atom stereocenters. The Morgan fingerprint density at radius 2 is 2.08 bits per heavy atom. The van der Waals surface area contributed by atoms with E-state index in [4.69, 9.17) is 4.74 Å². The second-order valence-electron chi connectivity index (χ2n) is 6.10. The van der Waals surface area contributed by atoms with Crippen LogP contribution in [0.15, 0.2) is 30.3 Å². The molecule has 2 heterocycles. The van der Waals surface area contributed by atoms with E-state index >= 15 is 0 Å². The molecule has 1 amide bonds. The molecule has 24 heavy (non-hydrogen) atoms.